The molecule has 0 saturated heterocycles. The van der Waals surface area contributed by atoms with Crippen molar-refractivity contribution in [3.05, 3.63) is 22.2 Å². The van der Waals surface area contributed by atoms with E-state index in [9.17, 15) is 4.39 Å². The van der Waals surface area contributed by atoms with Gasteiger partial charge in [-0.25, -0.2) is 4.98 Å². The number of pyridine rings is 1. The van der Waals surface area contributed by atoms with Gasteiger partial charge < -0.3 is 5.73 Å². The molecule has 0 bridgehead atoms. The van der Waals surface area contributed by atoms with Crippen LogP contribution in [-0.2, 0) is 0 Å². The second-order valence-electron chi connectivity index (χ2n) is 1.96. The fraction of sp³-hybridized carbons (Fsp3) is 0.167. The highest BCUT2D eigenvalue weighted by Crippen LogP contribution is 2.21. The van der Waals surface area contributed by atoms with Gasteiger partial charge in [0.1, 0.15) is 0 Å². The SMILES string of the molecule is Cc1cc(N)c(Br)c(F)n1. The van der Waals surface area contributed by atoms with E-state index in [-0.39, 0.29) is 4.47 Å². The molecule has 1 heterocycles. The van der Waals surface area contributed by atoms with Crippen molar-refractivity contribution in [2.45, 2.75) is 6.92 Å². The summed E-state index contributed by atoms with van der Waals surface area (Å²) in [5, 5.41) is 0. The molecule has 54 valence electrons. The van der Waals surface area contributed by atoms with Gasteiger partial charge in [0.25, 0.3) is 0 Å². The Bertz CT molecular complexity index is 239. The van der Waals surface area contributed by atoms with E-state index in [4.69, 9.17) is 5.73 Å². The van der Waals surface area contributed by atoms with Crippen molar-refractivity contribution in [3.8, 4) is 0 Å². The largest absolute Gasteiger partial charge is 0.398 e. The summed E-state index contributed by atoms with van der Waals surface area (Å²) in [5.41, 5.74) is 6.36. The number of anilines is 1. The zero-order valence-electron chi connectivity index (χ0n) is 5.36. The Balaban J connectivity index is 3.31. The van der Waals surface area contributed by atoms with Gasteiger partial charge in [0, 0.05) is 5.69 Å². The molecule has 1 rings (SSSR count). The number of nitrogens with zero attached hydrogens (tertiary/aromatic N) is 1. The highest BCUT2D eigenvalue weighted by atomic mass is 79.9. The van der Waals surface area contributed by atoms with Gasteiger partial charge in [-0.2, -0.15) is 4.39 Å². The van der Waals surface area contributed by atoms with Gasteiger partial charge in [-0.1, -0.05) is 0 Å². The van der Waals surface area contributed by atoms with Crippen molar-refractivity contribution < 1.29 is 4.39 Å². The van der Waals surface area contributed by atoms with Crippen LogP contribution >= 0.6 is 15.9 Å². The number of hydrogen-bond acceptors (Lipinski definition) is 2. The lowest BCUT2D eigenvalue weighted by molar-refractivity contribution is 0.574. The summed E-state index contributed by atoms with van der Waals surface area (Å²) in [5.74, 6) is -0.558. The molecule has 0 aliphatic heterocycles. The first-order valence-corrected chi connectivity index (χ1v) is 3.48. The first-order valence-electron chi connectivity index (χ1n) is 2.69. The fourth-order valence-corrected chi connectivity index (χ4v) is 0.847. The zero-order valence-corrected chi connectivity index (χ0v) is 6.94. The molecule has 0 amide bonds. The van der Waals surface area contributed by atoms with Crippen LogP contribution in [0.3, 0.4) is 0 Å². The van der Waals surface area contributed by atoms with Crippen molar-refractivity contribution in [1.82, 2.24) is 4.98 Å². The molecule has 0 fully saturated rings. The predicted octanol–water partition coefficient (Wildman–Crippen LogP) is 1.87. The van der Waals surface area contributed by atoms with Gasteiger partial charge in [0.15, 0.2) is 0 Å². The minimum absolute atomic E-state index is 0.234. The Labute approximate surface area is 66.4 Å². The monoisotopic (exact) mass is 204 g/mol. The molecule has 2 nitrogen and oxygen atoms in total. The minimum Gasteiger partial charge on any atom is -0.398 e. The molecular weight excluding hydrogens is 199 g/mol. The van der Waals surface area contributed by atoms with E-state index in [0.29, 0.717) is 11.4 Å². The van der Waals surface area contributed by atoms with Crippen molar-refractivity contribution >= 4 is 21.6 Å². The van der Waals surface area contributed by atoms with Gasteiger partial charge in [0.2, 0.25) is 5.95 Å². The van der Waals surface area contributed by atoms with Crippen LogP contribution in [0.1, 0.15) is 5.69 Å². The van der Waals surface area contributed by atoms with Gasteiger partial charge in [0.05, 0.1) is 10.2 Å². The maximum atomic E-state index is 12.6. The molecule has 0 aliphatic carbocycles. The average Bonchev–Trinajstić information content (AvgIpc) is 1.82. The fourth-order valence-electron chi connectivity index (χ4n) is 0.644. The Kier molecular flexibility index (Phi) is 1.89. The molecule has 0 radical (unpaired) electrons. The zero-order chi connectivity index (χ0) is 7.72. The van der Waals surface area contributed by atoms with E-state index in [1.54, 1.807) is 13.0 Å². The normalized spacial score (nSPS) is 9.90. The third-order valence-corrected chi connectivity index (χ3v) is 1.86. The average molecular weight is 205 g/mol. The van der Waals surface area contributed by atoms with Gasteiger partial charge in [-0.05, 0) is 28.9 Å². The maximum Gasteiger partial charge on any atom is 0.229 e. The minimum atomic E-state index is -0.558. The lowest BCUT2D eigenvalue weighted by Crippen LogP contribution is -1.94. The Morgan fingerprint density at radius 3 is 2.80 bits per heavy atom. The first-order chi connectivity index (χ1) is 4.61. The second kappa shape index (κ2) is 2.54. The number of nitrogen functional groups attached to an aromatic ring is 1. The summed E-state index contributed by atoms with van der Waals surface area (Å²) in [7, 11) is 0. The van der Waals surface area contributed by atoms with Crippen LogP contribution in [0.2, 0.25) is 0 Å². The number of halogens is 2. The topological polar surface area (TPSA) is 38.9 Å². The number of hydrogen-bond donors (Lipinski definition) is 1. The van der Waals surface area contributed by atoms with Gasteiger partial charge in [-0.15, -0.1) is 0 Å². The van der Waals surface area contributed by atoms with Crippen molar-refractivity contribution in [1.29, 1.82) is 0 Å². The molecule has 2 N–H and O–H groups in total. The number of nitrogens with two attached hydrogens (primary N) is 1. The van der Waals surface area contributed by atoms with Gasteiger partial charge >= 0.3 is 0 Å². The third kappa shape index (κ3) is 1.26. The summed E-state index contributed by atoms with van der Waals surface area (Å²) in [4.78, 5) is 3.54. The molecule has 0 spiro atoms. The first kappa shape index (κ1) is 7.47. The van der Waals surface area contributed by atoms with Crippen molar-refractivity contribution in [2.24, 2.45) is 0 Å². The second-order valence-corrected chi connectivity index (χ2v) is 2.75. The number of aromatic nitrogens is 1. The van der Waals surface area contributed by atoms with E-state index < -0.39 is 5.95 Å². The quantitative estimate of drug-likeness (QED) is 0.656. The standard InChI is InChI=1S/C6H6BrFN2/c1-3-2-4(9)5(7)6(8)10-3/h2H,1H3,(H2,9,10). The van der Waals surface area contributed by atoms with Crippen molar-refractivity contribution in [3.63, 3.8) is 0 Å². The smallest absolute Gasteiger partial charge is 0.229 e. The van der Waals surface area contributed by atoms with Gasteiger partial charge in [-0.3, -0.25) is 0 Å². The highest BCUT2D eigenvalue weighted by molar-refractivity contribution is 9.10. The summed E-state index contributed by atoms with van der Waals surface area (Å²) in [6, 6.07) is 1.60. The molecule has 0 unspecified atom stereocenters. The molecule has 1 aromatic heterocycles. The number of rotatable bonds is 0. The van der Waals surface area contributed by atoms with Crippen molar-refractivity contribution in [2.75, 3.05) is 5.73 Å². The maximum absolute atomic E-state index is 12.6. The molecule has 1 aromatic rings. The summed E-state index contributed by atoms with van der Waals surface area (Å²) in [6.45, 7) is 1.69. The molecule has 0 saturated carbocycles. The summed E-state index contributed by atoms with van der Waals surface area (Å²) in [6.07, 6.45) is 0. The van der Waals surface area contributed by atoms with E-state index in [0.717, 1.165) is 0 Å². The Morgan fingerprint density at radius 1 is 1.70 bits per heavy atom. The lowest BCUT2D eigenvalue weighted by Gasteiger charge is -1.99. The van der Waals surface area contributed by atoms with E-state index >= 15 is 0 Å². The number of aryl methyl sites for hydroxylation is 1. The Morgan fingerprint density at radius 2 is 2.30 bits per heavy atom. The van der Waals surface area contributed by atoms with Crippen LogP contribution in [0.4, 0.5) is 10.1 Å². The van der Waals surface area contributed by atoms with Crippen LogP contribution < -0.4 is 5.73 Å². The van der Waals surface area contributed by atoms with Crippen LogP contribution in [0.15, 0.2) is 10.5 Å². The molecular formula is C6H6BrFN2. The molecule has 0 atom stereocenters. The van der Waals surface area contributed by atoms with E-state index in [1.165, 1.54) is 0 Å². The van der Waals surface area contributed by atoms with Crippen LogP contribution in [0.5, 0.6) is 0 Å². The third-order valence-electron chi connectivity index (χ3n) is 1.07. The summed E-state index contributed by atoms with van der Waals surface area (Å²) >= 11 is 2.95. The lowest BCUT2D eigenvalue weighted by atomic mass is 10.3. The predicted molar refractivity (Wildman–Crippen MR) is 41.0 cm³/mol. The molecule has 0 aliphatic rings. The molecule has 0 aromatic carbocycles. The van der Waals surface area contributed by atoms with Crippen LogP contribution in [-0.4, -0.2) is 4.98 Å². The van der Waals surface area contributed by atoms with E-state index in [1.807, 2.05) is 0 Å². The Hall–Kier alpha value is -0.640. The van der Waals surface area contributed by atoms with Crippen LogP contribution in [0, 0.1) is 12.9 Å². The molecule has 10 heavy (non-hydrogen) atoms. The molecule has 4 heteroatoms. The summed E-state index contributed by atoms with van der Waals surface area (Å²) < 4.78 is 12.8. The van der Waals surface area contributed by atoms with Crippen LogP contribution in [0.25, 0.3) is 0 Å². The highest BCUT2D eigenvalue weighted by Gasteiger charge is 2.03. The van der Waals surface area contributed by atoms with E-state index in [2.05, 4.69) is 20.9 Å².